The number of rotatable bonds is 7. The lowest BCUT2D eigenvalue weighted by molar-refractivity contribution is -0.175. The molecule has 3 aliphatic rings. The highest BCUT2D eigenvalue weighted by Crippen LogP contribution is 2.41. The fourth-order valence-electron chi connectivity index (χ4n) is 4.85. The van der Waals surface area contributed by atoms with Gasteiger partial charge in [0.2, 0.25) is 0 Å². The first-order valence-electron chi connectivity index (χ1n) is 10.8. The molecule has 0 unspecified atom stereocenters. The Balaban J connectivity index is 1.58. The van der Waals surface area contributed by atoms with Gasteiger partial charge in [-0.05, 0) is 39.7 Å². The topological polar surface area (TPSA) is 58.6 Å². The van der Waals surface area contributed by atoms with Crippen LogP contribution in [0.5, 0.6) is 0 Å². The van der Waals surface area contributed by atoms with Crippen molar-refractivity contribution in [3.05, 3.63) is 35.9 Å². The highest BCUT2D eigenvalue weighted by Gasteiger charge is 2.56. The highest BCUT2D eigenvalue weighted by molar-refractivity contribution is 5.15. The van der Waals surface area contributed by atoms with Gasteiger partial charge in [0.05, 0.1) is 18.8 Å². The van der Waals surface area contributed by atoms with Crippen molar-refractivity contribution >= 4 is 0 Å². The average molecular weight is 422 g/mol. The second-order valence-electron chi connectivity index (χ2n) is 9.28. The molecular weight excluding hydrogens is 386 g/mol. The summed E-state index contributed by atoms with van der Waals surface area (Å²) in [5.41, 5.74) is 1.27. The molecule has 5 atom stereocenters. The lowest BCUT2D eigenvalue weighted by Crippen LogP contribution is -2.53. The van der Waals surface area contributed by atoms with Gasteiger partial charge in [-0.3, -0.25) is 4.90 Å². The van der Waals surface area contributed by atoms with Crippen LogP contribution in [0.1, 0.15) is 39.7 Å². The Kier molecular flexibility index (Phi) is 6.51. The van der Waals surface area contributed by atoms with Crippen LogP contribution in [-0.2, 0) is 35.0 Å². The number of methoxy groups -OCH3 is 1. The van der Waals surface area contributed by atoms with Crippen LogP contribution in [-0.4, -0.2) is 74.0 Å². The molecule has 3 heterocycles. The zero-order valence-corrected chi connectivity index (χ0v) is 18.7. The maximum atomic E-state index is 6.48. The number of hydrogen-bond donors (Lipinski definition) is 0. The number of likely N-dealkylation sites (tertiary alicyclic amines) is 1. The summed E-state index contributed by atoms with van der Waals surface area (Å²) < 4.78 is 36.2. The Morgan fingerprint density at radius 3 is 2.40 bits per heavy atom. The molecule has 0 spiro atoms. The van der Waals surface area contributed by atoms with E-state index in [0.717, 1.165) is 19.5 Å². The quantitative estimate of drug-likeness (QED) is 0.628. The fourth-order valence-corrected chi connectivity index (χ4v) is 4.85. The standard InChI is InChI=1S/C23H35NO6/c1-22(2)27-14-18(28-22)20-21(30-23(3,4)29-20)19-17(26-15-25-5)11-12-24(19)13-16-9-7-6-8-10-16/h6-10,17-21H,11-15H2,1-5H3/t17-,18+,19+,20+,21+/m1/s1. The summed E-state index contributed by atoms with van der Waals surface area (Å²) in [7, 11) is 1.65. The fraction of sp³-hybridized carbons (Fsp3) is 0.739. The first-order valence-corrected chi connectivity index (χ1v) is 10.8. The summed E-state index contributed by atoms with van der Waals surface area (Å²) in [6, 6.07) is 10.5. The van der Waals surface area contributed by atoms with E-state index in [-0.39, 0.29) is 37.3 Å². The number of benzene rings is 1. The molecule has 3 saturated heterocycles. The maximum absolute atomic E-state index is 6.48. The summed E-state index contributed by atoms with van der Waals surface area (Å²) in [5, 5.41) is 0. The molecule has 0 saturated carbocycles. The minimum Gasteiger partial charge on any atom is -0.359 e. The van der Waals surface area contributed by atoms with Gasteiger partial charge in [0.25, 0.3) is 0 Å². The molecule has 0 amide bonds. The van der Waals surface area contributed by atoms with Crippen LogP contribution in [0.15, 0.2) is 30.3 Å². The Hall–Kier alpha value is -1.06. The molecule has 0 aliphatic carbocycles. The van der Waals surface area contributed by atoms with E-state index < -0.39 is 11.6 Å². The predicted octanol–water partition coefficient (Wildman–Crippen LogP) is 2.92. The minimum atomic E-state index is -0.696. The first-order chi connectivity index (χ1) is 14.3. The summed E-state index contributed by atoms with van der Waals surface area (Å²) in [6.07, 6.45) is 0.289. The van der Waals surface area contributed by atoms with Crippen LogP contribution in [0.25, 0.3) is 0 Å². The van der Waals surface area contributed by atoms with E-state index in [2.05, 4.69) is 29.2 Å². The van der Waals surface area contributed by atoms with E-state index in [1.165, 1.54) is 5.56 Å². The largest absolute Gasteiger partial charge is 0.359 e. The monoisotopic (exact) mass is 421 g/mol. The molecule has 4 rings (SSSR count). The van der Waals surface area contributed by atoms with E-state index in [9.17, 15) is 0 Å². The normalized spacial score (nSPS) is 35.8. The van der Waals surface area contributed by atoms with Crippen molar-refractivity contribution in [2.45, 2.75) is 82.7 Å². The van der Waals surface area contributed by atoms with Gasteiger partial charge in [-0.2, -0.15) is 0 Å². The van der Waals surface area contributed by atoms with Crippen LogP contribution in [0.2, 0.25) is 0 Å². The van der Waals surface area contributed by atoms with E-state index >= 15 is 0 Å². The van der Waals surface area contributed by atoms with Gasteiger partial charge in [-0.15, -0.1) is 0 Å². The van der Waals surface area contributed by atoms with Crippen molar-refractivity contribution in [3.63, 3.8) is 0 Å². The predicted molar refractivity (Wildman–Crippen MR) is 111 cm³/mol. The Bertz CT molecular complexity index is 696. The van der Waals surface area contributed by atoms with Crippen LogP contribution >= 0.6 is 0 Å². The highest BCUT2D eigenvalue weighted by atomic mass is 16.8. The van der Waals surface area contributed by atoms with Crippen molar-refractivity contribution in [2.24, 2.45) is 0 Å². The summed E-state index contributed by atoms with van der Waals surface area (Å²) in [4.78, 5) is 2.44. The van der Waals surface area contributed by atoms with Crippen molar-refractivity contribution < 1.29 is 28.4 Å². The smallest absolute Gasteiger partial charge is 0.163 e. The SMILES string of the molecule is COCO[C@@H]1CCN(Cc2ccccc2)[C@@H]1[C@@H]1OC(C)(C)O[C@H]1[C@@H]1COC(C)(C)O1. The van der Waals surface area contributed by atoms with Crippen molar-refractivity contribution in [1.29, 1.82) is 0 Å². The van der Waals surface area contributed by atoms with Crippen molar-refractivity contribution in [3.8, 4) is 0 Å². The van der Waals surface area contributed by atoms with E-state index in [4.69, 9.17) is 28.4 Å². The molecule has 7 heteroatoms. The molecule has 1 aromatic carbocycles. The second kappa shape index (κ2) is 8.82. The van der Waals surface area contributed by atoms with E-state index in [1.54, 1.807) is 7.11 Å². The Labute approximate surface area is 179 Å². The molecule has 3 aliphatic heterocycles. The molecule has 0 N–H and O–H groups in total. The van der Waals surface area contributed by atoms with Gasteiger partial charge in [0.1, 0.15) is 25.1 Å². The van der Waals surface area contributed by atoms with Gasteiger partial charge in [-0.1, -0.05) is 30.3 Å². The zero-order chi connectivity index (χ0) is 21.4. The third-order valence-corrected chi connectivity index (χ3v) is 6.03. The third kappa shape index (κ3) is 4.88. The molecular formula is C23H35NO6. The van der Waals surface area contributed by atoms with E-state index in [1.807, 2.05) is 33.8 Å². The first kappa shape index (κ1) is 22.1. The summed E-state index contributed by atoms with van der Waals surface area (Å²) >= 11 is 0. The molecule has 0 bridgehead atoms. The van der Waals surface area contributed by atoms with Gasteiger partial charge in [0.15, 0.2) is 11.6 Å². The molecule has 3 fully saturated rings. The van der Waals surface area contributed by atoms with Crippen LogP contribution in [0, 0.1) is 0 Å². The van der Waals surface area contributed by atoms with Gasteiger partial charge >= 0.3 is 0 Å². The lowest BCUT2D eigenvalue weighted by atomic mass is 9.97. The van der Waals surface area contributed by atoms with Crippen LogP contribution in [0.4, 0.5) is 0 Å². The number of ether oxygens (including phenoxy) is 6. The summed E-state index contributed by atoms with van der Waals surface area (Å²) in [6.45, 7) is 10.3. The molecule has 1 aromatic rings. The molecule has 7 nitrogen and oxygen atoms in total. The van der Waals surface area contributed by atoms with Gasteiger partial charge < -0.3 is 28.4 Å². The maximum Gasteiger partial charge on any atom is 0.163 e. The number of hydrogen-bond acceptors (Lipinski definition) is 7. The minimum absolute atomic E-state index is 0.00556. The van der Waals surface area contributed by atoms with Gasteiger partial charge in [-0.25, -0.2) is 0 Å². The lowest BCUT2D eigenvalue weighted by Gasteiger charge is -2.35. The van der Waals surface area contributed by atoms with Crippen LogP contribution < -0.4 is 0 Å². The molecule has 0 aromatic heterocycles. The molecule has 0 radical (unpaired) electrons. The second-order valence-corrected chi connectivity index (χ2v) is 9.28. The zero-order valence-electron chi connectivity index (χ0n) is 18.7. The van der Waals surface area contributed by atoms with Gasteiger partial charge in [0, 0.05) is 20.2 Å². The molecule has 168 valence electrons. The van der Waals surface area contributed by atoms with Crippen molar-refractivity contribution in [2.75, 3.05) is 27.1 Å². The number of nitrogens with zero attached hydrogens (tertiary/aromatic N) is 1. The Morgan fingerprint density at radius 1 is 1.00 bits per heavy atom. The average Bonchev–Trinajstić information content (AvgIpc) is 3.35. The molecule has 30 heavy (non-hydrogen) atoms. The van der Waals surface area contributed by atoms with Crippen molar-refractivity contribution in [1.82, 2.24) is 4.90 Å². The van der Waals surface area contributed by atoms with E-state index in [0.29, 0.717) is 6.61 Å². The third-order valence-electron chi connectivity index (χ3n) is 6.03. The summed E-state index contributed by atoms with van der Waals surface area (Å²) in [5.74, 6) is -1.31. The van der Waals surface area contributed by atoms with Crippen LogP contribution in [0.3, 0.4) is 0 Å². The Morgan fingerprint density at radius 2 is 1.73 bits per heavy atom.